The molecule has 0 aromatic carbocycles. The van der Waals surface area contributed by atoms with E-state index in [1.165, 1.54) is 0 Å². The van der Waals surface area contributed by atoms with Crippen molar-refractivity contribution in [2.24, 2.45) is 0 Å². The first-order chi connectivity index (χ1) is 11.5. The minimum atomic E-state index is -0.903. The molecule has 6 nitrogen and oxygen atoms in total. The molecule has 1 amide bonds. The molecule has 0 saturated carbocycles. The first-order valence-electron chi connectivity index (χ1n) is 7.98. The average molecular weight is 346 g/mol. The van der Waals surface area contributed by atoms with Gasteiger partial charge in [-0.25, -0.2) is 9.97 Å². The van der Waals surface area contributed by atoms with E-state index in [4.69, 9.17) is 0 Å². The highest BCUT2D eigenvalue weighted by atomic mass is 32.1. The fourth-order valence-electron chi connectivity index (χ4n) is 3.03. The maximum atomic E-state index is 12.4. The monoisotopic (exact) mass is 346 g/mol. The normalized spacial score (nSPS) is 20.4. The minimum Gasteiger partial charge on any atom is -0.386 e. The summed E-state index contributed by atoms with van der Waals surface area (Å²) in [7, 11) is 1.74. The number of aliphatic hydroxyl groups is 1. The van der Waals surface area contributed by atoms with Crippen LogP contribution in [0.3, 0.4) is 0 Å². The van der Waals surface area contributed by atoms with Crippen LogP contribution in [0.25, 0.3) is 0 Å². The molecule has 1 atom stereocenters. The molecular formula is C17H22N4O2S. The van der Waals surface area contributed by atoms with Crippen LogP contribution in [0.15, 0.2) is 29.8 Å². The Bertz CT molecular complexity index is 706. The lowest BCUT2D eigenvalue weighted by Crippen LogP contribution is -2.46. The number of aromatic nitrogens is 2. The molecule has 128 valence electrons. The van der Waals surface area contributed by atoms with Gasteiger partial charge >= 0.3 is 0 Å². The summed E-state index contributed by atoms with van der Waals surface area (Å²) in [5, 5.41) is 13.7. The Morgan fingerprint density at radius 2 is 2.33 bits per heavy atom. The second-order valence-corrected chi connectivity index (χ2v) is 7.43. The Morgan fingerprint density at radius 1 is 1.50 bits per heavy atom. The van der Waals surface area contributed by atoms with Crippen molar-refractivity contribution in [3.63, 3.8) is 0 Å². The summed E-state index contributed by atoms with van der Waals surface area (Å²) < 4.78 is 0. The van der Waals surface area contributed by atoms with Crippen LogP contribution in [0.1, 0.15) is 17.1 Å². The zero-order valence-electron chi connectivity index (χ0n) is 14.0. The SMILES string of the molecule is Cc1nc(CC(=O)N(C)C[C@@]2(O)CCN(c3ccccn3)C2)cs1. The Hall–Kier alpha value is -1.99. The first-order valence-corrected chi connectivity index (χ1v) is 8.86. The van der Waals surface area contributed by atoms with Crippen LogP contribution in [-0.4, -0.2) is 58.2 Å². The van der Waals surface area contributed by atoms with Gasteiger partial charge in [-0.15, -0.1) is 11.3 Å². The van der Waals surface area contributed by atoms with Gasteiger partial charge in [0.2, 0.25) is 5.91 Å². The molecule has 0 unspecified atom stereocenters. The molecule has 7 heteroatoms. The summed E-state index contributed by atoms with van der Waals surface area (Å²) in [5.41, 5.74) is -0.109. The second kappa shape index (κ2) is 6.86. The smallest absolute Gasteiger partial charge is 0.228 e. The largest absolute Gasteiger partial charge is 0.386 e. The van der Waals surface area contributed by atoms with Crippen molar-refractivity contribution < 1.29 is 9.90 Å². The van der Waals surface area contributed by atoms with Crippen LogP contribution in [-0.2, 0) is 11.2 Å². The van der Waals surface area contributed by atoms with Crippen LogP contribution in [0.5, 0.6) is 0 Å². The molecule has 1 aliphatic rings. The lowest BCUT2D eigenvalue weighted by molar-refractivity contribution is -0.132. The van der Waals surface area contributed by atoms with E-state index >= 15 is 0 Å². The fraction of sp³-hybridized carbons (Fsp3) is 0.471. The van der Waals surface area contributed by atoms with E-state index in [0.29, 0.717) is 19.5 Å². The molecule has 1 fully saturated rings. The summed E-state index contributed by atoms with van der Waals surface area (Å²) in [6.07, 6.45) is 2.65. The molecule has 24 heavy (non-hydrogen) atoms. The van der Waals surface area contributed by atoms with Gasteiger partial charge in [0.1, 0.15) is 11.4 Å². The van der Waals surface area contributed by atoms with E-state index in [-0.39, 0.29) is 12.3 Å². The third kappa shape index (κ3) is 3.91. The highest BCUT2D eigenvalue weighted by Gasteiger charge is 2.38. The molecule has 1 N–H and O–H groups in total. The summed E-state index contributed by atoms with van der Waals surface area (Å²) >= 11 is 1.54. The van der Waals surface area contributed by atoms with Gasteiger partial charge in [0.25, 0.3) is 0 Å². The Kier molecular flexibility index (Phi) is 4.82. The summed E-state index contributed by atoms with van der Waals surface area (Å²) in [5.74, 6) is 0.838. The van der Waals surface area contributed by atoms with Gasteiger partial charge < -0.3 is 14.9 Å². The Labute approximate surface area is 145 Å². The first kappa shape index (κ1) is 16.9. The minimum absolute atomic E-state index is 0.0231. The van der Waals surface area contributed by atoms with Crippen LogP contribution >= 0.6 is 11.3 Å². The van der Waals surface area contributed by atoms with Crippen LogP contribution in [0.2, 0.25) is 0 Å². The predicted octanol–water partition coefficient (Wildman–Crippen LogP) is 1.49. The number of β-amino-alcohol motifs (C(OH)–C–C–N with tert-alkyl or cyclic N) is 1. The summed E-state index contributed by atoms with van der Waals surface area (Å²) in [4.78, 5) is 24.7. The van der Waals surface area contributed by atoms with Crippen LogP contribution in [0, 0.1) is 6.92 Å². The number of hydrogen-bond donors (Lipinski definition) is 1. The van der Waals surface area contributed by atoms with Crippen LogP contribution < -0.4 is 4.90 Å². The van der Waals surface area contributed by atoms with Gasteiger partial charge in [-0.3, -0.25) is 4.79 Å². The van der Waals surface area contributed by atoms with E-state index in [1.807, 2.05) is 30.5 Å². The van der Waals surface area contributed by atoms with Crippen molar-refractivity contribution in [3.05, 3.63) is 40.5 Å². The quantitative estimate of drug-likeness (QED) is 0.888. The summed E-state index contributed by atoms with van der Waals surface area (Å²) in [6, 6.07) is 5.74. The van der Waals surface area contributed by atoms with E-state index in [0.717, 1.165) is 23.1 Å². The van der Waals surface area contributed by atoms with E-state index in [1.54, 1.807) is 29.5 Å². The molecule has 1 saturated heterocycles. The number of aryl methyl sites for hydroxylation is 1. The molecular weight excluding hydrogens is 324 g/mol. The Morgan fingerprint density at radius 3 is 3.00 bits per heavy atom. The predicted molar refractivity (Wildman–Crippen MR) is 94.2 cm³/mol. The van der Waals surface area contributed by atoms with Crippen molar-refractivity contribution >= 4 is 23.1 Å². The highest BCUT2D eigenvalue weighted by Crippen LogP contribution is 2.26. The molecule has 2 aromatic heterocycles. The number of thiazole rings is 1. The molecule has 0 radical (unpaired) electrons. The molecule has 3 heterocycles. The number of carbonyl (C=O) groups excluding carboxylic acids is 1. The van der Waals surface area contributed by atoms with Gasteiger partial charge in [0.05, 0.1) is 23.7 Å². The topological polar surface area (TPSA) is 69.6 Å². The number of carbonyl (C=O) groups is 1. The maximum absolute atomic E-state index is 12.4. The summed E-state index contributed by atoms with van der Waals surface area (Å²) in [6.45, 7) is 3.46. The zero-order chi connectivity index (χ0) is 17.2. The molecule has 0 spiro atoms. The number of pyridine rings is 1. The van der Waals surface area contributed by atoms with Crippen molar-refractivity contribution in [2.45, 2.75) is 25.4 Å². The molecule has 0 aliphatic carbocycles. The molecule has 2 aromatic rings. The number of amides is 1. The van der Waals surface area contributed by atoms with E-state index < -0.39 is 5.60 Å². The van der Waals surface area contributed by atoms with Crippen molar-refractivity contribution in [3.8, 4) is 0 Å². The molecule has 0 bridgehead atoms. The van der Waals surface area contributed by atoms with Crippen molar-refractivity contribution in [1.82, 2.24) is 14.9 Å². The average Bonchev–Trinajstić information content (AvgIpc) is 3.14. The fourth-order valence-corrected chi connectivity index (χ4v) is 3.64. The van der Waals surface area contributed by atoms with Crippen LogP contribution in [0.4, 0.5) is 5.82 Å². The number of likely N-dealkylation sites (N-methyl/N-ethyl adjacent to an activating group) is 1. The van der Waals surface area contributed by atoms with Crippen molar-refractivity contribution in [2.75, 3.05) is 31.6 Å². The number of nitrogens with zero attached hydrogens (tertiary/aromatic N) is 4. The van der Waals surface area contributed by atoms with E-state index in [2.05, 4.69) is 14.9 Å². The number of hydrogen-bond acceptors (Lipinski definition) is 6. The standard InChI is InChI=1S/C17H22N4O2S/c1-13-19-14(10-24-13)9-16(22)20(2)11-17(23)6-8-21(12-17)15-5-3-4-7-18-15/h3-5,7,10,23H,6,8-9,11-12H2,1-2H3/t17-/m0/s1. The van der Waals surface area contributed by atoms with Gasteiger partial charge in [-0.1, -0.05) is 6.07 Å². The lowest BCUT2D eigenvalue weighted by Gasteiger charge is -2.29. The molecule has 3 rings (SSSR count). The van der Waals surface area contributed by atoms with Gasteiger partial charge in [-0.2, -0.15) is 0 Å². The zero-order valence-corrected chi connectivity index (χ0v) is 14.8. The van der Waals surface area contributed by atoms with Gasteiger partial charge in [-0.05, 0) is 25.5 Å². The molecule has 1 aliphatic heterocycles. The third-order valence-corrected chi connectivity index (χ3v) is 5.08. The van der Waals surface area contributed by atoms with Gasteiger partial charge in [0, 0.05) is 31.7 Å². The van der Waals surface area contributed by atoms with E-state index in [9.17, 15) is 9.90 Å². The second-order valence-electron chi connectivity index (χ2n) is 6.37. The lowest BCUT2D eigenvalue weighted by atomic mass is 10.0. The highest BCUT2D eigenvalue weighted by molar-refractivity contribution is 7.09. The van der Waals surface area contributed by atoms with Gasteiger partial charge in [0.15, 0.2) is 0 Å². The number of rotatable bonds is 5. The Balaban J connectivity index is 1.57. The van der Waals surface area contributed by atoms with Crippen molar-refractivity contribution in [1.29, 1.82) is 0 Å². The number of anilines is 1. The third-order valence-electron chi connectivity index (χ3n) is 4.26. The maximum Gasteiger partial charge on any atom is 0.228 e.